The summed E-state index contributed by atoms with van der Waals surface area (Å²) in [5, 5.41) is 0. The summed E-state index contributed by atoms with van der Waals surface area (Å²) in [6.45, 7) is 0. The van der Waals surface area contributed by atoms with Crippen LogP contribution in [-0.2, 0) is 0 Å². The minimum Gasteiger partial charge on any atom is -0.399 e. The minimum atomic E-state index is -0.482. The zero-order chi connectivity index (χ0) is 13.7. The molecular formula is C13H12N4O2. The highest BCUT2D eigenvalue weighted by Crippen LogP contribution is 2.04. The van der Waals surface area contributed by atoms with E-state index in [1.165, 1.54) is 6.20 Å². The first-order chi connectivity index (χ1) is 9.16. The van der Waals surface area contributed by atoms with Gasteiger partial charge in [0.15, 0.2) is 0 Å². The number of carbonyl (C=O) groups excluding carboxylic acids is 2. The van der Waals surface area contributed by atoms with Crippen LogP contribution in [0.3, 0.4) is 0 Å². The molecule has 0 aliphatic rings. The highest BCUT2D eigenvalue weighted by molar-refractivity contribution is 5.98. The van der Waals surface area contributed by atoms with E-state index in [4.69, 9.17) is 5.73 Å². The molecule has 4 N–H and O–H groups in total. The number of hydrogen-bond donors (Lipinski definition) is 3. The number of nitrogens with one attached hydrogen (secondary N) is 2. The number of rotatable bonds is 2. The number of pyridine rings is 1. The Hall–Kier alpha value is -2.89. The maximum absolute atomic E-state index is 11.7. The Bertz CT molecular complexity index is 581. The van der Waals surface area contributed by atoms with Crippen LogP contribution in [0.4, 0.5) is 5.69 Å². The topological polar surface area (TPSA) is 97.1 Å². The van der Waals surface area contributed by atoms with Crippen LogP contribution in [0, 0.1) is 0 Å². The lowest BCUT2D eigenvalue weighted by Gasteiger charge is -2.06. The van der Waals surface area contributed by atoms with Gasteiger partial charge in [0.25, 0.3) is 11.8 Å². The summed E-state index contributed by atoms with van der Waals surface area (Å²) in [7, 11) is 0. The molecular weight excluding hydrogens is 244 g/mol. The predicted octanol–water partition coefficient (Wildman–Crippen LogP) is 0.739. The lowest BCUT2D eigenvalue weighted by molar-refractivity contribution is 0.0844. The molecule has 2 aromatic rings. The minimum absolute atomic E-state index is 0.222. The van der Waals surface area contributed by atoms with Crippen LogP contribution < -0.4 is 16.6 Å². The number of nitrogens with two attached hydrogens (primary N) is 1. The smallest absolute Gasteiger partial charge is 0.288 e. The molecule has 0 fully saturated rings. The van der Waals surface area contributed by atoms with Crippen LogP contribution >= 0.6 is 0 Å². The second-order valence-corrected chi connectivity index (χ2v) is 3.75. The summed E-state index contributed by atoms with van der Waals surface area (Å²) in [6.07, 6.45) is 1.50. The van der Waals surface area contributed by atoms with Gasteiger partial charge in [-0.2, -0.15) is 0 Å². The van der Waals surface area contributed by atoms with Gasteiger partial charge >= 0.3 is 0 Å². The SMILES string of the molecule is Nc1ccc(C(=O)NNC(=O)c2ccccn2)cc1. The number of aromatic nitrogens is 1. The molecule has 1 heterocycles. The summed E-state index contributed by atoms with van der Waals surface area (Å²) < 4.78 is 0. The summed E-state index contributed by atoms with van der Waals surface area (Å²) in [5.41, 5.74) is 11.3. The van der Waals surface area contributed by atoms with Gasteiger partial charge in [0.05, 0.1) is 0 Å². The van der Waals surface area contributed by atoms with Gasteiger partial charge in [-0.3, -0.25) is 25.4 Å². The van der Waals surface area contributed by atoms with Gasteiger partial charge in [-0.15, -0.1) is 0 Å². The molecule has 0 saturated carbocycles. The summed E-state index contributed by atoms with van der Waals surface area (Å²) in [5.74, 6) is -0.909. The molecule has 0 aliphatic carbocycles. The zero-order valence-corrected chi connectivity index (χ0v) is 9.96. The van der Waals surface area contributed by atoms with Crippen molar-refractivity contribution in [2.75, 3.05) is 5.73 Å². The van der Waals surface area contributed by atoms with Crippen molar-refractivity contribution in [3.8, 4) is 0 Å². The Morgan fingerprint density at radius 3 is 2.26 bits per heavy atom. The second kappa shape index (κ2) is 5.63. The van der Waals surface area contributed by atoms with Crippen LogP contribution in [-0.4, -0.2) is 16.8 Å². The van der Waals surface area contributed by atoms with Crippen LogP contribution in [0.15, 0.2) is 48.7 Å². The molecule has 0 atom stereocenters. The van der Waals surface area contributed by atoms with Gasteiger partial charge in [0.1, 0.15) is 5.69 Å². The fourth-order valence-corrected chi connectivity index (χ4v) is 1.38. The first-order valence-electron chi connectivity index (χ1n) is 5.54. The van der Waals surface area contributed by atoms with E-state index >= 15 is 0 Å². The van der Waals surface area contributed by atoms with E-state index in [0.29, 0.717) is 11.3 Å². The quantitative estimate of drug-likeness (QED) is 0.545. The third kappa shape index (κ3) is 3.29. The lowest BCUT2D eigenvalue weighted by Crippen LogP contribution is -2.41. The average molecular weight is 256 g/mol. The van der Waals surface area contributed by atoms with Crippen molar-refractivity contribution in [3.05, 3.63) is 59.9 Å². The van der Waals surface area contributed by atoms with Crippen molar-refractivity contribution < 1.29 is 9.59 Å². The highest BCUT2D eigenvalue weighted by Gasteiger charge is 2.09. The summed E-state index contributed by atoms with van der Waals surface area (Å²) >= 11 is 0. The van der Waals surface area contributed by atoms with Crippen molar-refractivity contribution in [2.45, 2.75) is 0 Å². The molecule has 0 radical (unpaired) electrons. The molecule has 2 amide bonds. The lowest BCUT2D eigenvalue weighted by atomic mass is 10.2. The van der Waals surface area contributed by atoms with E-state index in [-0.39, 0.29) is 5.69 Å². The largest absolute Gasteiger partial charge is 0.399 e. The monoisotopic (exact) mass is 256 g/mol. The van der Waals surface area contributed by atoms with Crippen molar-refractivity contribution >= 4 is 17.5 Å². The predicted molar refractivity (Wildman–Crippen MR) is 70.0 cm³/mol. The van der Waals surface area contributed by atoms with Crippen molar-refractivity contribution in [2.24, 2.45) is 0 Å². The first kappa shape index (κ1) is 12.6. The summed E-state index contributed by atoms with van der Waals surface area (Å²) in [4.78, 5) is 27.2. The Morgan fingerprint density at radius 1 is 0.947 bits per heavy atom. The molecule has 6 heteroatoms. The number of nitrogen functional groups attached to an aromatic ring is 1. The van der Waals surface area contributed by atoms with Crippen molar-refractivity contribution in [1.29, 1.82) is 0 Å². The number of anilines is 1. The number of hydrazine groups is 1. The Morgan fingerprint density at radius 2 is 1.63 bits per heavy atom. The molecule has 2 rings (SSSR count). The molecule has 19 heavy (non-hydrogen) atoms. The maximum atomic E-state index is 11.7. The fourth-order valence-electron chi connectivity index (χ4n) is 1.38. The van der Waals surface area contributed by atoms with Gasteiger partial charge in [0, 0.05) is 17.4 Å². The molecule has 96 valence electrons. The molecule has 0 bridgehead atoms. The third-order valence-electron chi connectivity index (χ3n) is 2.36. The van der Waals surface area contributed by atoms with Gasteiger partial charge in [-0.25, -0.2) is 0 Å². The van der Waals surface area contributed by atoms with E-state index in [9.17, 15) is 9.59 Å². The fraction of sp³-hybridized carbons (Fsp3) is 0. The third-order valence-corrected chi connectivity index (χ3v) is 2.36. The molecule has 1 aromatic heterocycles. The number of hydrogen-bond acceptors (Lipinski definition) is 4. The molecule has 6 nitrogen and oxygen atoms in total. The van der Waals surface area contributed by atoms with E-state index in [2.05, 4.69) is 15.8 Å². The molecule has 0 aliphatic heterocycles. The van der Waals surface area contributed by atoms with Gasteiger partial charge in [-0.05, 0) is 36.4 Å². The number of carbonyl (C=O) groups is 2. The van der Waals surface area contributed by atoms with E-state index < -0.39 is 11.8 Å². The summed E-state index contributed by atoms with van der Waals surface area (Å²) in [6, 6.07) is 11.3. The normalized spacial score (nSPS) is 9.68. The Labute approximate surface area is 109 Å². The number of amides is 2. The average Bonchev–Trinajstić information content (AvgIpc) is 2.46. The van der Waals surface area contributed by atoms with Crippen molar-refractivity contribution in [1.82, 2.24) is 15.8 Å². The van der Waals surface area contributed by atoms with E-state index in [0.717, 1.165) is 0 Å². The molecule has 0 saturated heterocycles. The van der Waals surface area contributed by atoms with Gasteiger partial charge in [-0.1, -0.05) is 6.07 Å². The molecule has 0 spiro atoms. The first-order valence-corrected chi connectivity index (χ1v) is 5.54. The molecule has 0 unspecified atom stereocenters. The van der Waals surface area contributed by atoms with Crippen molar-refractivity contribution in [3.63, 3.8) is 0 Å². The van der Waals surface area contributed by atoms with E-state index in [1.54, 1.807) is 42.5 Å². The Kier molecular flexibility index (Phi) is 3.72. The van der Waals surface area contributed by atoms with Gasteiger partial charge in [0.2, 0.25) is 0 Å². The zero-order valence-electron chi connectivity index (χ0n) is 9.96. The second-order valence-electron chi connectivity index (χ2n) is 3.75. The standard InChI is InChI=1S/C13H12N4O2/c14-10-6-4-9(5-7-10)12(18)16-17-13(19)11-3-1-2-8-15-11/h1-8H,14H2,(H,16,18)(H,17,19). The number of benzene rings is 1. The van der Waals surface area contributed by atoms with Crippen LogP contribution in [0.1, 0.15) is 20.8 Å². The highest BCUT2D eigenvalue weighted by atomic mass is 16.2. The van der Waals surface area contributed by atoms with Crippen LogP contribution in [0.5, 0.6) is 0 Å². The number of nitrogens with zero attached hydrogens (tertiary/aromatic N) is 1. The molecule has 1 aromatic carbocycles. The Balaban J connectivity index is 1.94. The van der Waals surface area contributed by atoms with E-state index in [1.807, 2.05) is 0 Å². The van der Waals surface area contributed by atoms with Gasteiger partial charge < -0.3 is 5.73 Å². The van der Waals surface area contributed by atoms with Crippen LogP contribution in [0.2, 0.25) is 0 Å². The van der Waals surface area contributed by atoms with Crippen LogP contribution in [0.25, 0.3) is 0 Å². The maximum Gasteiger partial charge on any atom is 0.288 e.